The number of hydrogen-bond donors (Lipinski definition) is 1. The second-order valence-corrected chi connectivity index (χ2v) is 9.04. The molecule has 0 aromatic rings. The zero-order valence-electron chi connectivity index (χ0n) is 17.7. The molecule has 24 heavy (non-hydrogen) atoms. The van der Waals surface area contributed by atoms with Crippen molar-refractivity contribution in [2.24, 2.45) is 35.0 Å². The first-order valence-corrected chi connectivity index (χ1v) is 9.49. The Morgan fingerprint density at radius 1 is 1.33 bits per heavy atom. The molecule has 3 heteroatoms. The number of carbonyl (C=O) groups is 2. The molecule has 4 aliphatic carbocycles. The van der Waals surface area contributed by atoms with Crippen molar-refractivity contribution in [1.82, 2.24) is 0 Å². The van der Waals surface area contributed by atoms with Crippen molar-refractivity contribution in [3.8, 4) is 0 Å². The molecule has 3 nitrogen and oxygen atoms in total. The van der Waals surface area contributed by atoms with E-state index in [4.69, 9.17) is 4.11 Å². The molecule has 0 aromatic heterocycles. The smallest absolute Gasteiger partial charge is 0.161 e. The summed E-state index contributed by atoms with van der Waals surface area (Å²) in [5.74, 6) is 1.06. The number of rotatable bonds is 1. The lowest BCUT2D eigenvalue weighted by molar-refractivity contribution is -0.163. The van der Waals surface area contributed by atoms with Crippen molar-refractivity contribution < 1.29 is 18.8 Å². The van der Waals surface area contributed by atoms with Crippen molar-refractivity contribution in [1.29, 1.82) is 0 Å². The highest BCUT2D eigenvalue weighted by atomic mass is 16.3. The zero-order valence-corrected chi connectivity index (χ0v) is 14.7. The minimum Gasteiger partial charge on any atom is -0.382 e. The lowest BCUT2D eigenvalue weighted by atomic mass is 9.47. The number of Topliss-reactive ketones (excluding diaryl/α,β-unsaturated/α-hetero) is 1. The average Bonchev–Trinajstić information content (AvgIpc) is 2.84. The molecule has 0 bridgehead atoms. The second kappa shape index (κ2) is 5.27. The molecule has 0 heterocycles. The quantitative estimate of drug-likeness (QED) is 0.796. The summed E-state index contributed by atoms with van der Waals surface area (Å²) >= 11 is 0. The standard InChI is InChI=1S/C21H30O3/c1-12-11-20(3)18(8-9-21(20,24)13(2)22)17-6-4-14-10-15(23)5-7-16(14)19(12)17/h10,12,16-19,24H,4-9,11H2,1-3H3/t12-,16-,17-,18-,19+,20-,21-/m0/s1/i2D3. The van der Waals surface area contributed by atoms with Crippen LogP contribution in [0.4, 0.5) is 0 Å². The predicted molar refractivity (Wildman–Crippen MR) is 92.3 cm³/mol. The Hall–Kier alpha value is -0.960. The van der Waals surface area contributed by atoms with E-state index in [2.05, 4.69) is 6.92 Å². The summed E-state index contributed by atoms with van der Waals surface area (Å²) in [6, 6.07) is 0. The monoisotopic (exact) mass is 333 g/mol. The van der Waals surface area contributed by atoms with Crippen LogP contribution in [-0.4, -0.2) is 22.3 Å². The van der Waals surface area contributed by atoms with Gasteiger partial charge in [-0.15, -0.1) is 0 Å². The average molecular weight is 333 g/mol. The number of fused-ring (bicyclic) bond motifs is 5. The van der Waals surface area contributed by atoms with Crippen LogP contribution >= 0.6 is 0 Å². The molecule has 0 amide bonds. The molecule has 132 valence electrons. The molecule has 3 saturated carbocycles. The Morgan fingerprint density at radius 2 is 2.12 bits per heavy atom. The molecule has 4 aliphatic rings. The summed E-state index contributed by atoms with van der Waals surface area (Å²) in [4.78, 5) is 24.6. The number of carbonyl (C=O) groups excluding carboxylic acids is 2. The minimum atomic E-state index is -2.76. The fraction of sp³-hybridized carbons (Fsp3) is 0.810. The minimum absolute atomic E-state index is 0.175. The van der Waals surface area contributed by atoms with Gasteiger partial charge in [-0.2, -0.15) is 0 Å². The Labute approximate surface area is 149 Å². The van der Waals surface area contributed by atoms with E-state index in [1.807, 2.05) is 13.0 Å². The van der Waals surface area contributed by atoms with Gasteiger partial charge in [0.05, 0.1) is 0 Å². The van der Waals surface area contributed by atoms with Crippen molar-refractivity contribution >= 4 is 11.6 Å². The molecule has 0 spiro atoms. The number of ketones is 2. The molecule has 4 rings (SSSR count). The van der Waals surface area contributed by atoms with Gasteiger partial charge in [-0.1, -0.05) is 19.4 Å². The van der Waals surface area contributed by atoms with Crippen LogP contribution in [0.1, 0.15) is 69.8 Å². The van der Waals surface area contributed by atoms with Crippen LogP contribution in [0.2, 0.25) is 0 Å². The van der Waals surface area contributed by atoms with Crippen LogP contribution in [-0.2, 0) is 9.59 Å². The normalized spacial score (nSPS) is 53.0. The van der Waals surface area contributed by atoms with Gasteiger partial charge in [0.25, 0.3) is 0 Å². The highest BCUT2D eigenvalue weighted by Crippen LogP contribution is 2.66. The second-order valence-electron chi connectivity index (χ2n) is 9.04. The Kier molecular flexibility index (Phi) is 2.91. The Morgan fingerprint density at radius 3 is 2.88 bits per heavy atom. The van der Waals surface area contributed by atoms with E-state index in [1.54, 1.807) is 0 Å². The summed E-state index contributed by atoms with van der Waals surface area (Å²) in [6.45, 7) is 1.38. The van der Waals surface area contributed by atoms with Gasteiger partial charge in [0.15, 0.2) is 11.6 Å². The lowest BCUT2D eigenvalue weighted by Crippen LogP contribution is -2.57. The topological polar surface area (TPSA) is 54.4 Å². The molecule has 1 N–H and O–H groups in total. The first-order valence-electron chi connectivity index (χ1n) is 11.0. The van der Waals surface area contributed by atoms with Gasteiger partial charge >= 0.3 is 0 Å². The largest absolute Gasteiger partial charge is 0.382 e. The molecule has 0 unspecified atom stereocenters. The maximum absolute atomic E-state index is 12.7. The third-order valence-corrected chi connectivity index (χ3v) is 8.13. The van der Waals surface area contributed by atoms with Gasteiger partial charge < -0.3 is 5.11 Å². The fourth-order valence-corrected chi connectivity index (χ4v) is 7.14. The van der Waals surface area contributed by atoms with Gasteiger partial charge in [0, 0.05) is 15.9 Å². The van der Waals surface area contributed by atoms with E-state index in [0.717, 1.165) is 19.3 Å². The van der Waals surface area contributed by atoms with E-state index in [0.29, 0.717) is 42.9 Å². The van der Waals surface area contributed by atoms with E-state index in [-0.39, 0.29) is 18.1 Å². The molecule has 0 aliphatic heterocycles. The van der Waals surface area contributed by atoms with Crippen LogP contribution in [0.5, 0.6) is 0 Å². The fourth-order valence-electron chi connectivity index (χ4n) is 7.14. The maximum Gasteiger partial charge on any atom is 0.161 e. The maximum atomic E-state index is 12.7. The Balaban J connectivity index is 1.69. The summed E-state index contributed by atoms with van der Waals surface area (Å²) in [6.07, 6.45) is 6.94. The van der Waals surface area contributed by atoms with E-state index < -0.39 is 23.7 Å². The zero-order chi connectivity index (χ0) is 19.8. The van der Waals surface area contributed by atoms with Crippen LogP contribution in [0.15, 0.2) is 11.6 Å². The van der Waals surface area contributed by atoms with Gasteiger partial charge in [-0.05, 0) is 81.0 Å². The van der Waals surface area contributed by atoms with Crippen molar-refractivity contribution in [2.45, 2.75) is 71.2 Å². The highest BCUT2D eigenvalue weighted by molar-refractivity contribution is 5.91. The summed E-state index contributed by atoms with van der Waals surface area (Å²) in [5.41, 5.74) is -1.12. The molecule has 3 fully saturated rings. The van der Waals surface area contributed by atoms with Crippen molar-refractivity contribution in [3.63, 3.8) is 0 Å². The first kappa shape index (κ1) is 13.3. The van der Waals surface area contributed by atoms with E-state index >= 15 is 0 Å². The SMILES string of the molecule is [2H]C([2H])([2H])C(=O)[C@@]1(O)CC[C@H]2[C@@H]3CCC4=CC(=O)CC[C@@H]4[C@H]3[C@@H](C)C[C@@]21C. The molecule has 0 radical (unpaired) electrons. The molecule has 0 saturated heterocycles. The first-order chi connectivity index (χ1) is 12.5. The highest BCUT2D eigenvalue weighted by Gasteiger charge is 2.65. The van der Waals surface area contributed by atoms with Gasteiger partial charge in [-0.3, -0.25) is 9.59 Å². The summed E-state index contributed by atoms with van der Waals surface area (Å²) < 4.78 is 22.7. The number of aliphatic hydroxyl groups is 1. The third-order valence-electron chi connectivity index (χ3n) is 8.13. The van der Waals surface area contributed by atoms with Crippen molar-refractivity contribution in [3.05, 3.63) is 11.6 Å². The van der Waals surface area contributed by atoms with Gasteiger partial charge in [0.1, 0.15) is 5.60 Å². The van der Waals surface area contributed by atoms with Crippen LogP contribution < -0.4 is 0 Å². The lowest BCUT2D eigenvalue weighted by Gasteiger charge is -2.57. The molecule has 0 aromatic carbocycles. The Bertz CT molecular complexity index is 712. The van der Waals surface area contributed by atoms with Crippen LogP contribution in [0.3, 0.4) is 0 Å². The number of allylic oxidation sites excluding steroid dienone is 1. The molecular formula is C21H30O3. The van der Waals surface area contributed by atoms with E-state index in [1.165, 1.54) is 5.57 Å². The molecular weight excluding hydrogens is 300 g/mol. The van der Waals surface area contributed by atoms with Gasteiger partial charge in [0.2, 0.25) is 0 Å². The molecule has 7 atom stereocenters. The van der Waals surface area contributed by atoms with Crippen molar-refractivity contribution in [2.75, 3.05) is 0 Å². The third kappa shape index (κ3) is 2.00. The summed E-state index contributed by atoms with van der Waals surface area (Å²) in [7, 11) is 0. The van der Waals surface area contributed by atoms with Gasteiger partial charge in [-0.25, -0.2) is 0 Å². The summed E-state index contributed by atoms with van der Waals surface area (Å²) in [5, 5.41) is 11.4. The predicted octanol–water partition coefficient (Wildman–Crippen LogP) is 3.69. The van der Waals surface area contributed by atoms with Crippen LogP contribution in [0, 0.1) is 35.0 Å². The van der Waals surface area contributed by atoms with Crippen LogP contribution in [0.25, 0.3) is 0 Å². The number of hydrogen-bond acceptors (Lipinski definition) is 3. The van der Waals surface area contributed by atoms with E-state index in [9.17, 15) is 14.7 Å².